The van der Waals surface area contributed by atoms with Crippen molar-refractivity contribution in [1.29, 1.82) is 0 Å². The van der Waals surface area contributed by atoms with Gasteiger partial charge in [0, 0.05) is 28.4 Å². The van der Waals surface area contributed by atoms with Crippen LogP contribution in [0, 0.1) is 6.07 Å². The number of nitrogens with zero attached hydrogens (tertiary/aromatic N) is 1. The zero-order valence-corrected chi connectivity index (χ0v) is 16.4. The van der Waals surface area contributed by atoms with Crippen LogP contribution in [0.4, 0.5) is 0 Å². The second-order valence-corrected chi connectivity index (χ2v) is 7.13. The van der Waals surface area contributed by atoms with Crippen molar-refractivity contribution in [3.63, 3.8) is 0 Å². The van der Waals surface area contributed by atoms with Crippen LogP contribution in [0.3, 0.4) is 0 Å². The lowest BCUT2D eigenvalue weighted by Crippen LogP contribution is -2.11. The molecule has 5 heteroatoms. The van der Waals surface area contributed by atoms with Crippen molar-refractivity contribution >= 4 is 27.7 Å². The number of rotatable bonds is 5. The van der Waals surface area contributed by atoms with E-state index < -0.39 is 5.91 Å². The highest BCUT2D eigenvalue weighted by Gasteiger charge is 2.18. The Kier molecular flexibility index (Phi) is 4.29. The van der Waals surface area contributed by atoms with Gasteiger partial charge in [0.1, 0.15) is 11.5 Å². The average Bonchev–Trinajstić information content (AvgIpc) is 3.41. The molecule has 0 unspecified atom stereocenters. The van der Waals surface area contributed by atoms with E-state index in [0.29, 0.717) is 12.1 Å². The smallest absolute Gasteiger partial charge is 0.249 e. The Labute approximate surface area is 173 Å². The second-order valence-electron chi connectivity index (χ2n) is 7.13. The van der Waals surface area contributed by atoms with E-state index in [1.165, 1.54) is 0 Å². The molecular weight excluding hydrogens is 376 g/mol. The molecule has 0 aliphatic rings. The topological polar surface area (TPSA) is 70.4 Å². The highest BCUT2D eigenvalue weighted by atomic mass is 16.5. The summed E-state index contributed by atoms with van der Waals surface area (Å²) in [5, 5.41) is 1.67. The quantitative estimate of drug-likeness (QED) is 0.455. The lowest BCUT2D eigenvalue weighted by atomic mass is 10.0. The Morgan fingerprint density at radius 3 is 2.73 bits per heavy atom. The van der Waals surface area contributed by atoms with Crippen LogP contribution in [0.15, 0.2) is 77.4 Å². The fourth-order valence-corrected chi connectivity index (χ4v) is 3.97. The summed E-state index contributed by atoms with van der Waals surface area (Å²) in [6.45, 7) is 0.606. The summed E-state index contributed by atoms with van der Waals surface area (Å²) in [7, 11) is 1.66. The van der Waals surface area contributed by atoms with E-state index in [1.54, 1.807) is 19.4 Å². The molecule has 1 radical (unpaired) electrons. The number of primary amides is 1. The van der Waals surface area contributed by atoms with Gasteiger partial charge in [-0.3, -0.25) is 4.79 Å². The van der Waals surface area contributed by atoms with Crippen LogP contribution >= 0.6 is 0 Å². The fourth-order valence-electron chi connectivity index (χ4n) is 3.97. The SMILES string of the molecule is COc1cccc(Cn2c3cc(-c4ccco4)c[c]c3c3c(C(N)=O)cccc32)c1. The number of aromatic nitrogens is 1. The van der Waals surface area contributed by atoms with Gasteiger partial charge in [0.2, 0.25) is 5.91 Å². The van der Waals surface area contributed by atoms with Gasteiger partial charge in [0.05, 0.1) is 24.4 Å². The standard InChI is InChI=1S/C25H19N2O3/c1-29-18-6-2-5-16(13-18)15-27-21-8-3-7-20(25(26)28)24(21)19-11-10-17(14-22(19)27)23-9-4-12-30-23/h2-10,12-14H,15H2,1H3,(H2,26,28). The highest BCUT2D eigenvalue weighted by Crippen LogP contribution is 2.35. The Morgan fingerprint density at radius 1 is 1.10 bits per heavy atom. The molecule has 0 bridgehead atoms. The zero-order valence-electron chi connectivity index (χ0n) is 16.4. The number of hydrogen-bond acceptors (Lipinski definition) is 3. The molecule has 5 rings (SSSR count). The van der Waals surface area contributed by atoms with E-state index in [-0.39, 0.29) is 0 Å². The Morgan fingerprint density at radius 2 is 1.97 bits per heavy atom. The van der Waals surface area contributed by atoms with Gasteiger partial charge in [0.15, 0.2) is 0 Å². The monoisotopic (exact) mass is 395 g/mol. The van der Waals surface area contributed by atoms with Crippen molar-refractivity contribution in [2.75, 3.05) is 7.11 Å². The number of hydrogen-bond donors (Lipinski definition) is 1. The summed E-state index contributed by atoms with van der Waals surface area (Å²) >= 11 is 0. The van der Waals surface area contributed by atoms with Crippen LogP contribution in [-0.4, -0.2) is 17.6 Å². The third-order valence-electron chi connectivity index (χ3n) is 5.34. The van der Waals surface area contributed by atoms with Crippen LogP contribution in [-0.2, 0) is 6.54 Å². The molecule has 2 heterocycles. The Hall–Kier alpha value is -3.99. The molecule has 0 saturated heterocycles. The fraction of sp³-hybridized carbons (Fsp3) is 0.0800. The first kappa shape index (κ1) is 18.1. The van der Waals surface area contributed by atoms with E-state index in [9.17, 15) is 4.79 Å². The minimum atomic E-state index is -0.454. The molecule has 0 spiro atoms. The van der Waals surface area contributed by atoms with Gasteiger partial charge < -0.3 is 19.5 Å². The zero-order chi connectivity index (χ0) is 20.7. The van der Waals surface area contributed by atoms with Crippen LogP contribution in [0.1, 0.15) is 15.9 Å². The van der Waals surface area contributed by atoms with E-state index in [0.717, 1.165) is 44.4 Å². The van der Waals surface area contributed by atoms with Gasteiger partial charge in [-0.15, -0.1) is 0 Å². The van der Waals surface area contributed by atoms with Gasteiger partial charge >= 0.3 is 0 Å². The lowest BCUT2D eigenvalue weighted by molar-refractivity contribution is 0.100. The molecule has 1 amide bonds. The number of methoxy groups -OCH3 is 1. The van der Waals surface area contributed by atoms with E-state index in [2.05, 4.69) is 22.8 Å². The van der Waals surface area contributed by atoms with Crippen molar-refractivity contribution in [1.82, 2.24) is 4.57 Å². The number of carbonyl (C=O) groups is 1. The van der Waals surface area contributed by atoms with Crippen molar-refractivity contribution in [2.45, 2.75) is 6.54 Å². The first-order chi connectivity index (χ1) is 14.7. The van der Waals surface area contributed by atoms with Gasteiger partial charge in [-0.2, -0.15) is 0 Å². The maximum Gasteiger partial charge on any atom is 0.249 e. The molecule has 2 N–H and O–H groups in total. The Bertz CT molecular complexity index is 1380. The van der Waals surface area contributed by atoms with Crippen molar-refractivity contribution < 1.29 is 13.9 Å². The number of nitrogens with two attached hydrogens (primary N) is 1. The summed E-state index contributed by atoms with van der Waals surface area (Å²) in [5.41, 5.74) is 10.1. The minimum Gasteiger partial charge on any atom is -0.497 e. The lowest BCUT2D eigenvalue weighted by Gasteiger charge is -2.10. The number of amides is 1. The van der Waals surface area contributed by atoms with E-state index >= 15 is 0 Å². The van der Waals surface area contributed by atoms with Gasteiger partial charge in [-0.25, -0.2) is 0 Å². The molecular formula is C25H19N2O3. The first-order valence-electron chi connectivity index (χ1n) is 9.59. The molecule has 5 nitrogen and oxygen atoms in total. The molecule has 30 heavy (non-hydrogen) atoms. The van der Waals surface area contributed by atoms with Gasteiger partial charge in [0.25, 0.3) is 0 Å². The van der Waals surface area contributed by atoms with Gasteiger partial charge in [-0.05, 0) is 60.2 Å². The largest absolute Gasteiger partial charge is 0.497 e. The van der Waals surface area contributed by atoms with Crippen molar-refractivity contribution in [3.05, 3.63) is 90.2 Å². The summed E-state index contributed by atoms with van der Waals surface area (Å²) in [6, 6.07) is 24.7. The van der Waals surface area contributed by atoms with Gasteiger partial charge in [-0.1, -0.05) is 18.2 Å². The summed E-state index contributed by atoms with van der Waals surface area (Å²) in [6.07, 6.45) is 1.65. The highest BCUT2D eigenvalue weighted by molar-refractivity contribution is 6.18. The van der Waals surface area contributed by atoms with E-state index in [1.807, 2.05) is 48.5 Å². The predicted molar refractivity (Wildman–Crippen MR) is 117 cm³/mol. The van der Waals surface area contributed by atoms with Crippen LogP contribution in [0.5, 0.6) is 5.75 Å². The third kappa shape index (κ3) is 2.92. The number of furan rings is 1. The summed E-state index contributed by atoms with van der Waals surface area (Å²) in [5.74, 6) is 1.11. The number of ether oxygens (including phenoxy) is 1. The molecule has 0 aliphatic carbocycles. The normalized spacial score (nSPS) is 11.2. The molecule has 2 aromatic heterocycles. The predicted octanol–water partition coefficient (Wildman–Crippen LogP) is 5.01. The maximum absolute atomic E-state index is 12.1. The number of benzene rings is 3. The van der Waals surface area contributed by atoms with Crippen LogP contribution < -0.4 is 10.5 Å². The van der Waals surface area contributed by atoms with Crippen molar-refractivity contribution in [2.24, 2.45) is 5.73 Å². The molecule has 0 saturated carbocycles. The van der Waals surface area contributed by atoms with E-state index in [4.69, 9.17) is 14.9 Å². The summed E-state index contributed by atoms with van der Waals surface area (Å²) in [4.78, 5) is 12.1. The average molecular weight is 395 g/mol. The number of carbonyl (C=O) groups excluding carboxylic acids is 1. The third-order valence-corrected chi connectivity index (χ3v) is 5.34. The second kappa shape index (κ2) is 7.12. The molecule has 5 aromatic rings. The molecule has 0 fully saturated rings. The maximum atomic E-state index is 12.1. The minimum absolute atomic E-state index is 0.454. The molecule has 0 atom stereocenters. The first-order valence-corrected chi connectivity index (χ1v) is 9.59. The number of fused-ring (bicyclic) bond motifs is 3. The summed E-state index contributed by atoms with van der Waals surface area (Å²) < 4.78 is 13.1. The molecule has 3 aromatic carbocycles. The molecule has 147 valence electrons. The van der Waals surface area contributed by atoms with Crippen LogP contribution in [0.2, 0.25) is 0 Å². The Balaban J connectivity index is 1.79. The van der Waals surface area contributed by atoms with Crippen molar-refractivity contribution in [3.8, 4) is 17.1 Å². The van der Waals surface area contributed by atoms with Crippen LogP contribution in [0.25, 0.3) is 33.1 Å². The molecule has 0 aliphatic heterocycles.